The molecular formula is C11H15BrO3. The molecule has 0 amide bonds. The van der Waals surface area contributed by atoms with Gasteiger partial charge >= 0.3 is 5.97 Å². The van der Waals surface area contributed by atoms with E-state index in [-0.39, 0.29) is 22.9 Å². The van der Waals surface area contributed by atoms with Crippen molar-refractivity contribution in [2.75, 3.05) is 0 Å². The zero-order valence-electron chi connectivity index (χ0n) is 8.68. The fourth-order valence-electron chi connectivity index (χ4n) is 1.40. The molecule has 15 heavy (non-hydrogen) atoms. The maximum absolute atomic E-state index is 11.0. The number of aliphatic carboxylic acids is 1. The molecule has 0 fully saturated rings. The van der Waals surface area contributed by atoms with Gasteiger partial charge in [0.25, 0.3) is 0 Å². The zero-order chi connectivity index (χ0) is 10.8. The molecule has 0 saturated heterocycles. The summed E-state index contributed by atoms with van der Waals surface area (Å²) in [5.74, 6) is -1.58. The Hall–Kier alpha value is -0.870. The summed E-state index contributed by atoms with van der Waals surface area (Å²) in [6.07, 6.45) is 0. The lowest BCUT2D eigenvalue weighted by Gasteiger charge is -2.27. The first-order valence-electron chi connectivity index (χ1n) is 4.51. The van der Waals surface area contributed by atoms with E-state index in [1.165, 1.54) is 0 Å². The van der Waals surface area contributed by atoms with Gasteiger partial charge in [-0.3, -0.25) is 0 Å². The molecule has 0 aliphatic rings. The first-order valence-corrected chi connectivity index (χ1v) is 4.51. The average molecular weight is 275 g/mol. The van der Waals surface area contributed by atoms with Crippen LogP contribution in [0.25, 0.3) is 0 Å². The lowest BCUT2D eigenvalue weighted by Crippen LogP contribution is -2.40. The molecule has 0 bridgehead atoms. The van der Waals surface area contributed by atoms with Crippen molar-refractivity contribution in [3.8, 4) is 0 Å². The topological polar surface area (TPSA) is 57.5 Å². The Morgan fingerprint density at radius 3 is 2.07 bits per heavy atom. The van der Waals surface area contributed by atoms with E-state index in [4.69, 9.17) is 5.11 Å². The third-order valence-electron chi connectivity index (χ3n) is 2.38. The maximum atomic E-state index is 11.0. The lowest BCUT2D eigenvalue weighted by molar-refractivity contribution is -0.165. The monoisotopic (exact) mass is 274 g/mol. The molecule has 4 heteroatoms. The van der Waals surface area contributed by atoms with Gasteiger partial charge in [0.05, 0.1) is 0 Å². The molecule has 84 valence electrons. The molecule has 3 nitrogen and oxygen atoms in total. The third kappa shape index (κ3) is 2.58. The second kappa shape index (κ2) is 5.28. The van der Waals surface area contributed by atoms with Gasteiger partial charge in [-0.2, -0.15) is 0 Å². The minimum atomic E-state index is -1.79. The highest BCUT2D eigenvalue weighted by molar-refractivity contribution is 8.93. The molecule has 0 heterocycles. The van der Waals surface area contributed by atoms with E-state index >= 15 is 0 Å². The number of aliphatic hydroxyl groups is 1. The van der Waals surface area contributed by atoms with Gasteiger partial charge in [0.2, 0.25) is 0 Å². The van der Waals surface area contributed by atoms with Crippen LogP contribution in [-0.4, -0.2) is 16.2 Å². The van der Waals surface area contributed by atoms with Gasteiger partial charge < -0.3 is 10.2 Å². The van der Waals surface area contributed by atoms with Crippen molar-refractivity contribution in [1.29, 1.82) is 0 Å². The number of hydrogen-bond donors (Lipinski definition) is 2. The van der Waals surface area contributed by atoms with E-state index in [0.29, 0.717) is 5.56 Å². The standard InChI is InChI=1S/C11H14O3.BrH/c1-8(2)11(14,10(12)13)9-6-4-3-5-7-9;/h3-8,14H,1-2H3,(H,12,13);1H. The van der Waals surface area contributed by atoms with Crippen LogP contribution in [0.3, 0.4) is 0 Å². The second-order valence-electron chi connectivity index (χ2n) is 3.59. The van der Waals surface area contributed by atoms with E-state index in [1.807, 2.05) is 0 Å². The van der Waals surface area contributed by atoms with Crippen molar-refractivity contribution in [2.24, 2.45) is 5.92 Å². The third-order valence-corrected chi connectivity index (χ3v) is 2.38. The number of halogens is 1. The molecule has 0 aliphatic carbocycles. The fourth-order valence-corrected chi connectivity index (χ4v) is 1.40. The Balaban J connectivity index is 0.00000196. The highest BCUT2D eigenvalue weighted by atomic mass is 79.9. The molecule has 2 N–H and O–H groups in total. The summed E-state index contributed by atoms with van der Waals surface area (Å²) in [5, 5.41) is 19.0. The number of carboxylic acid groups (broad SMARTS) is 1. The van der Waals surface area contributed by atoms with Crippen LogP contribution in [0, 0.1) is 5.92 Å². The summed E-state index contributed by atoms with van der Waals surface area (Å²) >= 11 is 0. The lowest BCUT2D eigenvalue weighted by atomic mass is 9.83. The van der Waals surface area contributed by atoms with Crippen molar-refractivity contribution in [2.45, 2.75) is 19.4 Å². The summed E-state index contributed by atoms with van der Waals surface area (Å²) in [6, 6.07) is 8.45. The first-order chi connectivity index (χ1) is 6.49. The van der Waals surface area contributed by atoms with Crippen LogP contribution in [-0.2, 0) is 10.4 Å². The molecule has 0 spiro atoms. The van der Waals surface area contributed by atoms with Crippen LogP contribution in [0.2, 0.25) is 0 Å². The Bertz CT molecular complexity index is 324. The van der Waals surface area contributed by atoms with Gasteiger partial charge in [-0.05, 0) is 11.5 Å². The minimum absolute atomic E-state index is 0. The highest BCUT2D eigenvalue weighted by Crippen LogP contribution is 2.29. The van der Waals surface area contributed by atoms with Gasteiger partial charge in [-0.25, -0.2) is 4.79 Å². The van der Waals surface area contributed by atoms with Crippen LogP contribution in [0.5, 0.6) is 0 Å². The molecule has 1 rings (SSSR count). The highest BCUT2D eigenvalue weighted by Gasteiger charge is 2.41. The SMILES string of the molecule is Br.CC(C)C(O)(C(=O)O)c1ccccc1. The zero-order valence-corrected chi connectivity index (χ0v) is 10.4. The van der Waals surface area contributed by atoms with Crippen molar-refractivity contribution in [3.05, 3.63) is 35.9 Å². The number of carboxylic acids is 1. The molecule has 0 saturated carbocycles. The summed E-state index contributed by atoms with van der Waals surface area (Å²) in [6.45, 7) is 3.36. The fraction of sp³-hybridized carbons (Fsp3) is 0.364. The number of rotatable bonds is 3. The molecule has 1 aromatic carbocycles. The number of carbonyl (C=O) groups is 1. The van der Waals surface area contributed by atoms with E-state index in [9.17, 15) is 9.90 Å². The van der Waals surface area contributed by atoms with Gasteiger partial charge in [-0.1, -0.05) is 44.2 Å². The predicted molar refractivity (Wildman–Crippen MR) is 63.1 cm³/mol. The molecule has 0 aliphatic heterocycles. The summed E-state index contributed by atoms with van der Waals surface area (Å²) in [7, 11) is 0. The van der Waals surface area contributed by atoms with Gasteiger partial charge in [0.15, 0.2) is 5.60 Å². The Morgan fingerprint density at radius 2 is 1.73 bits per heavy atom. The second-order valence-corrected chi connectivity index (χ2v) is 3.59. The summed E-state index contributed by atoms with van der Waals surface area (Å²) < 4.78 is 0. The minimum Gasteiger partial charge on any atom is -0.479 e. The first kappa shape index (κ1) is 14.1. The number of hydrogen-bond acceptors (Lipinski definition) is 2. The van der Waals surface area contributed by atoms with E-state index in [2.05, 4.69) is 0 Å². The average Bonchev–Trinajstić information content (AvgIpc) is 2.17. The van der Waals surface area contributed by atoms with Crippen molar-refractivity contribution < 1.29 is 15.0 Å². The van der Waals surface area contributed by atoms with Crippen LogP contribution >= 0.6 is 17.0 Å². The van der Waals surface area contributed by atoms with Gasteiger partial charge in [0, 0.05) is 0 Å². The summed E-state index contributed by atoms with van der Waals surface area (Å²) in [4.78, 5) is 11.0. The van der Waals surface area contributed by atoms with Crippen LogP contribution in [0.4, 0.5) is 0 Å². The van der Waals surface area contributed by atoms with Crippen LogP contribution in [0.1, 0.15) is 19.4 Å². The number of benzene rings is 1. The Labute approximate surface area is 99.5 Å². The van der Waals surface area contributed by atoms with Crippen LogP contribution in [0.15, 0.2) is 30.3 Å². The van der Waals surface area contributed by atoms with Crippen molar-refractivity contribution >= 4 is 23.0 Å². The quantitative estimate of drug-likeness (QED) is 0.889. The Kier molecular flexibility index (Phi) is 4.97. The smallest absolute Gasteiger partial charge is 0.340 e. The normalized spacial score (nSPS) is 14.1. The maximum Gasteiger partial charge on any atom is 0.340 e. The molecular weight excluding hydrogens is 260 g/mol. The molecule has 1 aromatic rings. The van der Waals surface area contributed by atoms with Crippen LogP contribution < -0.4 is 0 Å². The van der Waals surface area contributed by atoms with E-state index in [0.717, 1.165) is 0 Å². The van der Waals surface area contributed by atoms with Gasteiger partial charge in [0.1, 0.15) is 0 Å². The molecule has 1 atom stereocenters. The van der Waals surface area contributed by atoms with Crippen molar-refractivity contribution in [1.82, 2.24) is 0 Å². The molecule has 0 aromatic heterocycles. The Morgan fingerprint density at radius 1 is 1.27 bits per heavy atom. The van der Waals surface area contributed by atoms with Crippen molar-refractivity contribution in [3.63, 3.8) is 0 Å². The predicted octanol–water partition coefficient (Wildman–Crippen LogP) is 2.19. The molecule has 1 unspecified atom stereocenters. The van der Waals surface area contributed by atoms with E-state index in [1.54, 1.807) is 44.2 Å². The summed E-state index contributed by atoms with van der Waals surface area (Å²) in [5.41, 5.74) is -1.37. The molecule has 0 radical (unpaired) electrons. The largest absolute Gasteiger partial charge is 0.479 e. The van der Waals surface area contributed by atoms with E-state index < -0.39 is 11.6 Å². The van der Waals surface area contributed by atoms with Gasteiger partial charge in [-0.15, -0.1) is 17.0 Å².